The van der Waals surface area contributed by atoms with Gasteiger partial charge in [-0.15, -0.1) is 0 Å². The third kappa shape index (κ3) is 9.31. The molecule has 0 aliphatic rings. The van der Waals surface area contributed by atoms with Crippen LogP contribution in [0.5, 0.6) is 0 Å². The van der Waals surface area contributed by atoms with Crippen molar-refractivity contribution in [1.29, 1.82) is 0 Å². The molecular weight excluding hydrogens is 356 g/mol. The summed E-state index contributed by atoms with van der Waals surface area (Å²) >= 11 is 7.48. The van der Waals surface area contributed by atoms with E-state index in [1.54, 1.807) is 6.07 Å². The molecular formula is C18H31ClN4OS. The molecule has 1 heterocycles. The average molecular weight is 387 g/mol. The van der Waals surface area contributed by atoms with E-state index in [0.29, 0.717) is 16.1 Å². The first kappa shape index (κ1) is 22.0. The highest BCUT2D eigenvalue weighted by Gasteiger charge is 2.12. The molecule has 0 radical (unpaired) electrons. The lowest BCUT2D eigenvalue weighted by atomic mass is 10.2. The van der Waals surface area contributed by atoms with Crippen molar-refractivity contribution < 1.29 is 4.79 Å². The number of amides is 1. The summed E-state index contributed by atoms with van der Waals surface area (Å²) in [5, 5.41) is 3.92. The predicted octanol–water partition coefficient (Wildman–Crippen LogP) is 4.55. The molecule has 25 heavy (non-hydrogen) atoms. The van der Waals surface area contributed by atoms with Gasteiger partial charge in [0.15, 0.2) is 5.16 Å². The molecule has 0 unspecified atom stereocenters. The Labute approximate surface area is 161 Å². The van der Waals surface area contributed by atoms with Crippen LogP contribution in [0.2, 0.25) is 5.15 Å². The molecule has 142 valence electrons. The van der Waals surface area contributed by atoms with Gasteiger partial charge in [-0.2, -0.15) is 0 Å². The second-order valence-corrected chi connectivity index (χ2v) is 7.35. The normalized spacial score (nSPS) is 10.7. The van der Waals surface area contributed by atoms with E-state index in [-0.39, 0.29) is 5.91 Å². The molecule has 1 aromatic rings. The van der Waals surface area contributed by atoms with Crippen molar-refractivity contribution in [2.24, 2.45) is 0 Å². The Kier molecular flexibility index (Phi) is 11.7. The zero-order chi connectivity index (χ0) is 18.5. The first-order chi connectivity index (χ1) is 12.1. The number of hydrogen-bond donors (Lipinski definition) is 1. The van der Waals surface area contributed by atoms with Crippen LogP contribution in [0, 0.1) is 0 Å². The number of halogens is 1. The largest absolute Gasteiger partial charge is 0.356 e. The summed E-state index contributed by atoms with van der Waals surface area (Å²) in [6.07, 6.45) is 6.70. The molecule has 7 heteroatoms. The molecule has 1 aromatic heterocycles. The molecule has 5 nitrogen and oxygen atoms in total. The highest BCUT2D eigenvalue weighted by molar-refractivity contribution is 7.99. The van der Waals surface area contributed by atoms with Gasteiger partial charge in [0.1, 0.15) is 11.0 Å². The topological polar surface area (TPSA) is 58.1 Å². The fraction of sp³-hybridized carbons (Fsp3) is 0.722. The van der Waals surface area contributed by atoms with Gasteiger partial charge in [-0.3, -0.25) is 4.79 Å². The van der Waals surface area contributed by atoms with E-state index in [2.05, 4.69) is 41.0 Å². The fourth-order valence-electron chi connectivity index (χ4n) is 2.45. The lowest BCUT2D eigenvalue weighted by Gasteiger charge is -2.22. The Morgan fingerprint density at radius 2 is 1.84 bits per heavy atom. The molecule has 0 aliphatic carbocycles. The maximum atomic E-state index is 11.9. The second kappa shape index (κ2) is 13.2. The molecule has 0 atom stereocenters. The number of anilines is 1. The van der Waals surface area contributed by atoms with Crippen LogP contribution in [0.3, 0.4) is 0 Å². The fourth-order valence-corrected chi connectivity index (χ4v) is 3.36. The van der Waals surface area contributed by atoms with Gasteiger partial charge in [0.2, 0.25) is 5.91 Å². The van der Waals surface area contributed by atoms with E-state index in [0.717, 1.165) is 51.1 Å². The van der Waals surface area contributed by atoms with Gasteiger partial charge in [0, 0.05) is 25.7 Å². The van der Waals surface area contributed by atoms with Gasteiger partial charge in [-0.25, -0.2) is 9.97 Å². The van der Waals surface area contributed by atoms with Crippen LogP contribution in [0.1, 0.15) is 59.3 Å². The Balaban J connectivity index is 2.53. The minimum absolute atomic E-state index is 0.0191. The lowest BCUT2D eigenvalue weighted by Crippen LogP contribution is -2.27. The summed E-state index contributed by atoms with van der Waals surface area (Å²) in [6.45, 7) is 9.07. The first-order valence-corrected chi connectivity index (χ1v) is 10.7. The van der Waals surface area contributed by atoms with Gasteiger partial charge in [-0.1, -0.05) is 63.4 Å². The second-order valence-electron chi connectivity index (χ2n) is 6.02. The molecule has 0 aromatic carbocycles. The van der Waals surface area contributed by atoms with E-state index in [4.69, 9.17) is 11.6 Å². The Morgan fingerprint density at radius 1 is 1.12 bits per heavy atom. The highest BCUT2D eigenvalue weighted by atomic mass is 35.5. The van der Waals surface area contributed by atoms with E-state index < -0.39 is 0 Å². The minimum atomic E-state index is 0.0191. The van der Waals surface area contributed by atoms with Gasteiger partial charge in [-0.05, 0) is 19.3 Å². The van der Waals surface area contributed by atoms with Crippen LogP contribution in [0.15, 0.2) is 11.2 Å². The number of carbonyl (C=O) groups is 1. The van der Waals surface area contributed by atoms with Gasteiger partial charge in [0.25, 0.3) is 0 Å². The van der Waals surface area contributed by atoms with Crippen molar-refractivity contribution in [3.63, 3.8) is 0 Å². The smallest absolute Gasteiger partial charge is 0.230 e. The molecule has 0 aliphatic heterocycles. The number of nitrogens with one attached hydrogen (secondary N) is 1. The molecule has 0 saturated heterocycles. The quantitative estimate of drug-likeness (QED) is 0.233. The number of hydrogen-bond acceptors (Lipinski definition) is 5. The Morgan fingerprint density at radius 3 is 2.48 bits per heavy atom. The molecule has 0 fully saturated rings. The number of thioether (sulfide) groups is 1. The van der Waals surface area contributed by atoms with Crippen molar-refractivity contribution >= 4 is 35.1 Å². The SMILES string of the molecule is CCCCCCNC(=O)CSc1nc(Cl)cc(N(CCC)CCC)n1. The van der Waals surface area contributed by atoms with Crippen molar-refractivity contribution in [3.05, 3.63) is 11.2 Å². The standard InChI is InChI=1S/C18H31ClN4OS/c1-4-7-8-9-10-20-17(24)14-25-18-21-15(19)13-16(22-18)23(11-5-2)12-6-3/h13H,4-12,14H2,1-3H3,(H,20,24). The summed E-state index contributed by atoms with van der Waals surface area (Å²) < 4.78 is 0. The van der Waals surface area contributed by atoms with E-state index in [1.807, 2.05) is 0 Å². The number of aromatic nitrogens is 2. The average Bonchev–Trinajstić information content (AvgIpc) is 2.59. The van der Waals surface area contributed by atoms with Gasteiger partial charge < -0.3 is 10.2 Å². The van der Waals surface area contributed by atoms with E-state index >= 15 is 0 Å². The number of carbonyl (C=O) groups excluding carboxylic acids is 1. The zero-order valence-corrected chi connectivity index (χ0v) is 17.3. The molecule has 0 saturated carbocycles. The summed E-state index contributed by atoms with van der Waals surface area (Å²) in [5.41, 5.74) is 0. The summed E-state index contributed by atoms with van der Waals surface area (Å²) in [4.78, 5) is 23.0. The van der Waals surface area contributed by atoms with Crippen molar-refractivity contribution in [2.75, 3.05) is 30.3 Å². The monoisotopic (exact) mass is 386 g/mol. The molecule has 1 amide bonds. The summed E-state index contributed by atoms with van der Waals surface area (Å²) in [7, 11) is 0. The third-order valence-electron chi connectivity index (χ3n) is 3.66. The van der Waals surface area contributed by atoms with Crippen LogP contribution in [0.4, 0.5) is 5.82 Å². The van der Waals surface area contributed by atoms with E-state index in [1.165, 1.54) is 24.6 Å². The summed E-state index contributed by atoms with van der Waals surface area (Å²) in [5.74, 6) is 1.17. The van der Waals surface area contributed by atoms with E-state index in [9.17, 15) is 4.79 Å². The van der Waals surface area contributed by atoms with Crippen LogP contribution in [0.25, 0.3) is 0 Å². The van der Waals surface area contributed by atoms with Crippen LogP contribution in [-0.2, 0) is 4.79 Å². The van der Waals surface area contributed by atoms with Crippen molar-refractivity contribution in [1.82, 2.24) is 15.3 Å². The lowest BCUT2D eigenvalue weighted by molar-refractivity contribution is -0.118. The number of rotatable bonds is 13. The first-order valence-electron chi connectivity index (χ1n) is 9.29. The van der Waals surface area contributed by atoms with Crippen molar-refractivity contribution in [3.8, 4) is 0 Å². The molecule has 1 rings (SSSR count). The van der Waals surface area contributed by atoms with Crippen LogP contribution in [-0.4, -0.2) is 41.3 Å². The van der Waals surface area contributed by atoms with Crippen molar-refractivity contribution in [2.45, 2.75) is 64.5 Å². The summed E-state index contributed by atoms with van der Waals surface area (Å²) in [6, 6.07) is 1.80. The maximum absolute atomic E-state index is 11.9. The number of nitrogens with zero attached hydrogens (tertiary/aromatic N) is 3. The molecule has 0 spiro atoms. The van der Waals surface area contributed by atoms with Crippen LogP contribution < -0.4 is 10.2 Å². The predicted molar refractivity (Wildman–Crippen MR) is 108 cm³/mol. The minimum Gasteiger partial charge on any atom is -0.356 e. The van der Waals surface area contributed by atoms with Gasteiger partial charge >= 0.3 is 0 Å². The molecule has 1 N–H and O–H groups in total. The van der Waals surface area contributed by atoms with Gasteiger partial charge in [0.05, 0.1) is 5.75 Å². The molecule has 0 bridgehead atoms. The third-order valence-corrected chi connectivity index (χ3v) is 4.70. The Bertz CT molecular complexity index is 510. The Hall–Kier alpha value is -1.01. The zero-order valence-electron chi connectivity index (χ0n) is 15.7. The number of unbranched alkanes of at least 4 members (excludes halogenated alkanes) is 3. The maximum Gasteiger partial charge on any atom is 0.230 e. The highest BCUT2D eigenvalue weighted by Crippen LogP contribution is 2.22. The van der Waals surface area contributed by atoms with Crippen LogP contribution >= 0.6 is 23.4 Å².